The van der Waals surface area contributed by atoms with E-state index < -0.39 is 11.8 Å². The Morgan fingerprint density at radius 2 is 1.85 bits per heavy atom. The second-order valence-corrected chi connectivity index (χ2v) is 5.00. The molecule has 5 heteroatoms. The number of carbonyl (C=O) groups is 3. The van der Waals surface area contributed by atoms with Crippen LogP contribution < -0.4 is 5.43 Å². The molecule has 2 aliphatic rings. The Kier molecular flexibility index (Phi) is 3.10. The van der Waals surface area contributed by atoms with Crippen molar-refractivity contribution in [3.05, 3.63) is 47.5 Å². The lowest BCUT2D eigenvalue weighted by Gasteiger charge is -2.16. The van der Waals surface area contributed by atoms with Gasteiger partial charge in [0.15, 0.2) is 0 Å². The minimum atomic E-state index is -0.471. The summed E-state index contributed by atoms with van der Waals surface area (Å²) in [5, 5.41) is 0.811. The highest BCUT2D eigenvalue weighted by molar-refractivity contribution is 6.21. The highest BCUT2D eigenvalue weighted by Crippen LogP contribution is 2.22. The fourth-order valence-electron chi connectivity index (χ4n) is 2.56. The molecule has 20 heavy (non-hydrogen) atoms. The number of allylic oxidation sites excluding steroid dienone is 2. The summed E-state index contributed by atoms with van der Waals surface area (Å²) in [5.41, 5.74) is 3.08. The van der Waals surface area contributed by atoms with E-state index in [4.69, 9.17) is 0 Å². The van der Waals surface area contributed by atoms with Crippen molar-refractivity contribution in [3.63, 3.8) is 0 Å². The van der Waals surface area contributed by atoms with Crippen LogP contribution in [-0.2, 0) is 4.79 Å². The number of carbonyl (C=O) groups excluding carboxylic acids is 3. The van der Waals surface area contributed by atoms with Crippen LogP contribution in [0, 0.1) is 5.92 Å². The van der Waals surface area contributed by atoms with Gasteiger partial charge in [-0.15, -0.1) is 0 Å². The molecule has 0 fully saturated rings. The monoisotopic (exact) mass is 270 g/mol. The van der Waals surface area contributed by atoms with Crippen LogP contribution in [0.25, 0.3) is 0 Å². The van der Waals surface area contributed by atoms with Crippen molar-refractivity contribution >= 4 is 17.7 Å². The zero-order valence-corrected chi connectivity index (χ0v) is 10.8. The number of rotatable bonds is 3. The molecule has 1 aliphatic carbocycles. The average Bonchev–Trinajstić information content (AvgIpc) is 3.03. The Balaban J connectivity index is 1.70. The smallest absolute Gasteiger partial charge is 0.273 e. The molecule has 1 atom stereocenters. The van der Waals surface area contributed by atoms with Crippen LogP contribution in [0.3, 0.4) is 0 Å². The molecule has 0 saturated carbocycles. The maximum atomic E-state index is 12.1. The molecule has 102 valence electrons. The number of nitrogens with zero attached hydrogens (tertiary/aromatic N) is 1. The van der Waals surface area contributed by atoms with E-state index in [-0.39, 0.29) is 11.8 Å². The van der Waals surface area contributed by atoms with Crippen LogP contribution in [0.15, 0.2) is 36.4 Å². The molecule has 0 aromatic heterocycles. The summed E-state index contributed by atoms with van der Waals surface area (Å²) >= 11 is 0. The van der Waals surface area contributed by atoms with Crippen LogP contribution in [0.5, 0.6) is 0 Å². The van der Waals surface area contributed by atoms with Gasteiger partial charge in [-0.3, -0.25) is 19.8 Å². The molecule has 0 spiro atoms. The van der Waals surface area contributed by atoms with Crippen molar-refractivity contribution < 1.29 is 14.4 Å². The molecule has 1 aliphatic heterocycles. The molecule has 0 radical (unpaired) electrons. The summed E-state index contributed by atoms with van der Waals surface area (Å²) in [4.78, 5) is 36.0. The summed E-state index contributed by atoms with van der Waals surface area (Å²) in [5.74, 6) is -1.05. The predicted octanol–water partition coefficient (Wildman–Crippen LogP) is 1.67. The lowest BCUT2D eigenvalue weighted by molar-refractivity contribution is -0.124. The molecule has 5 nitrogen and oxygen atoms in total. The van der Waals surface area contributed by atoms with E-state index >= 15 is 0 Å². The Labute approximate surface area is 116 Å². The van der Waals surface area contributed by atoms with Gasteiger partial charge in [-0.25, -0.2) is 0 Å². The molecule has 0 bridgehead atoms. The number of benzene rings is 1. The number of nitrogens with one attached hydrogen (secondary N) is 1. The molecule has 1 N–H and O–H groups in total. The second kappa shape index (κ2) is 4.92. The second-order valence-electron chi connectivity index (χ2n) is 5.00. The molecular weight excluding hydrogens is 256 g/mol. The fourth-order valence-corrected chi connectivity index (χ4v) is 2.56. The summed E-state index contributed by atoms with van der Waals surface area (Å²) in [6.07, 6.45) is 6.26. The van der Waals surface area contributed by atoms with Gasteiger partial charge in [0.25, 0.3) is 11.8 Å². The molecular formula is C15H14N2O3. The van der Waals surface area contributed by atoms with Crippen molar-refractivity contribution in [1.82, 2.24) is 10.4 Å². The van der Waals surface area contributed by atoms with E-state index in [1.807, 2.05) is 12.2 Å². The number of fused-ring (bicyclic) bond motifs is 1. The van der Waals surface area contributed by atoms with Crippen molar-refractivity contribution in [3.8, 4) is 0 Å². The quantitative estimate of drug-likeness (QED) is 0.671. The molecule has 1 heterocycles. The molecule has 1 unspecified atom stereocenters. The third-order valence-electron chi connectivity index (χ3n) is 3.59. The van der Waals surface area contributed by atoms with Crippen molar-refractivity contribution in [2.45, 2.75) is 19.3 Å². The van der Waals surface area contributed by atoms with Crippen LogP contribution in [0.2, 0.25) is 0 Å². The maximum absolute atomic E-state index is 12.1. The van der Waals surface area contributed by atoms with Crippen LogP contribution in [-0.4, -0.2) is 22.7 Å². The summed E-state index contributed by atoms with van der Waals surface area (Å²) in [6.45, 7) is 0. The van der Waals surface area contributed by atoms with E-state index in [0.717, 1.165) is 17.9 Å². The van der Waals surface area contributed by atoms with Gasteiger partial charge in [0.2, 0.25) is 5.91 Å². The molecule has 1 aromatic carbocycles. The number of hydrazine groups is 1. The zero-order valence-electron chi connectivity index (χ0n) is 10.8. The van der Waals surface area contributed by atoms with Gasteiger partial charge >= 0.3 is 0 Å². The first-order chi connectivity index (χ1) is 9.66. The molecule has 3 amide bonds. The van der Waals surface area contributed by atoms with Crippen molar-refractivity contribution in [2.24, 2.45) is 5.92 Å². The molecule has 1 aromatic rings. The first-order valence-electron chi connectivity index (χ1n) is 6.61. The summed E-state index contributed by atoms with van der Waals surface area (Å²) in [7, 11) is 0. The van der Waals surface area contributed by atoms with E-state index in [9.17, 15) is 14.4 Å². The Morgan fingerprint density at radius 3 is 2.40 bits per heavy atom. The van der Waals surface area contributed by atoms with Gasteiger partial charge in [-0.05, 0) is 30.9 Å². The van der Waals surface area contributed by atoms with Gasteiger partial charge < -0.3 is 0 Å². The topological polar surface area (TPSA) is 66.5 Å². The lowest BCUT2D eigenvalue weighted by Crippen LogP contribution is -2.46. The lowest BCUT2D eigenvalue weighted by atomic mass is 10.1. The van der Waals surface area contributed by atoms with E-state index in [0.29, 0.717) is 17.5 Å². The largest absolute Gasteiger partial charge is 0.280 e. The number of amides is 3. The first kappa shape index (κ1) is 12.6. The predicted molar refractivity (Wildman–Crippen MR) is 71.6 cm³/mol. The standard InChI is InChI=1S/C15H14N2O3/c18-13(9-10-5-1-2-6-10)16-17-14(19)11-7-3-4-8-12(11)15(17)20/h1,3-5,7-8,10H,2,6,9H2,(H,16,18). The minimum Gasteiger partial charge on any atom is -0.273 e. The van der Waals surface area contributed by atoms with Gasteiger partial charge in [0, 0.05) is 6.42 Å². The van der Waals surface area contributed by atoms with Crippen molar-refractivity contribution in [2.75, 3.05) is 0 Å². The molecule has 3 rings (SSSR count). The highest BCUT2D eigenvalue weighted by Gasteiger charge is 2.36. The normalized spacial score (nSPS) is 20.4. The third kappa shape index (κ3) is 2.11. The van der Waals surface area contributed by atoms with E-state index in [2.05, 4.69) is 5.43 Å². The Morgan fingerprint density at radius 1 is 1.20 bits per heavy atom. The van der Waals surface area contributed by atoms with Gasteiger partial charge in [0.05, 0.1) is 11.1 Å². The van der Waals surface area contributed by atoms with Gasteiger partial charge in [-0.2, -0.15) is 5.01 Å². The van der Waals surface area contributed by atoms with E-state index in [1.165, 1.54) is 0 Å². The minimum absolute atomic E-state index is 0.199. The van der Waals surface area contributed by atoms with Crippen LogP contribution in [0.1, 0.15) is 40.0 Å². The van der Waals surface area contributed by atoms with Crippen molar-refractivity contribution in [1.29, 1.82) is 0 Å². The third-order valence-corrected chi connectivity index (χ3v) is 3.59. The average molecular weight is 270 g/mol. The summed E-state index contributed by atoms with van der Waals surface area (Å²) < 4.78 is 0. The molecule has 0 saturated heterocycles. The summed E-state index contributed by atoms with van der Waals surface area (Å²) in [6, 6.07) is 6.56. The zero-order chi connectivity index (χ0) is 14.1. The maximum Gasteiger partial charge on any atom is 0.280 e. The highest BCUT2D eigenvalue weighted by atomic mass is 16.2. The van der Waals surface area contributed by atoms with E-state index in [1.54, 1.807) is 24.3 Å². The number of hydrogen-bond acceptors (Lipinski definition) is 3. The van der Waals surface area contributed by atoms with Crippen LogP contribution >= 0.6 is 0 Å². The number of imide groups is 1. The van der Waals surface area contributed by atoms with Gasteiger partial charge in [-0.1, -0.05) is 24.3 Å². The van der Waals surface area contributed by atoms with Gasteiger partial charge in [0.1, 0.15) is 0 Å². The number of hydrogen-bond donors (Lipinski definition) is 1. The Hall–Kier alpha value is -2.43. The van der Waals surface area contributed by atoms with Crippen LogP contribution in [0.4, 0.5) is 0 Å². The SMILES string of the molecule is O=C(CC1C=CCC1)NN1C(=O)c2ccccc2C1=O. The first-order valence-corrected chi connectivity index (χ1v) is 6.61. The fraction of sp³-hybridized carbons (Fsp3) is 0.267. The Bertz CT molecular complexity index is 586.